The zero-order valence-corrected chi connectivity index (χ0v) is 22.5. The van der Waals surface area contributed by atoms with Crippen LogP contribution in [0.4, 0.5) is 10.9 Å². The lowest BCUT2D eigenvalue weighted by atomic mass is 10.0. The number of nitrogen functional groups attached to an aromatic ring is 1. The summed E-state index contributed by atoms with van der Waals surface area (Å²) in [5.74, 6) is 0.884. The molecule has 3 rings (SSSR count). The molecule has 0 aliphatic heterocycles. The number of thioether (sulfide) groups is 1. The normalized spacial score (nSPS) is 15.5. The Morgan fingerprint density at radius 3 is 2.50 bits per heavy atom. The van der Waals surface area contributed by atoms with Gasteiger partial charge in [0.2, 0.25) is 0 Å². The highest BCUT2D eigenvalue weighted by molar-refractivity contribution is 7.99. The Morgan fingerprint density at radius 2 is 1.85 bits per heavy atom. The fraction of sp³-hybridized carbons (Fsp3) is 0.500. The quantitative estimate of drug-likeness (QED) is 0.149. The van der Waals surface area contributed by atoms with Crippen molar-refractivity contribution < 1.29 is 18.5 Å². The van der Waals surface area contributed by atoms with Crippen molar-refractivity contribution in [3.8, 4) is 0 Å². The summed E-state index contributed by atoms with van der Waals surface area (Å²) in [6, 6.07) is 9.84. The summed E-state index contributed by atoms with van der Waals surface area (Å²) in [7, 11) is -4.16. The van der Waals surface area contributed by atoms with Gasteiger partial charge in [-0.2, -0.15) is 0 Å². The first-order chi connectivity index (χ1) is 16.0. The molecule has 0 saturated carbocycles. The number of nitrogens with two attached hydrogens (primary N) is 1. The third-order valence-electron chi connectivity index (χ3n) is 4.68. The van der Waals surface area contributed by atoms with E-state index in [1.807, 2.05) is 18.2 Å². The highest BCUT2D eigenvalue weighted by Gasteiger charge is 2.26. The molecule has 0 bridgehead atoms. The van der Waals surface area contributed by atoms with E-state index in [4.69, 9.17) is 19.8 Å². The summed E-state index contributed by atoms with van der Waals surface area (Å²) in [6.07, 6.45) is 0.254. The van der Waals surface area contributed by atoms with Crippen molar-refractivity contribution in [3.05, 3.63) is 35.9 Å². The maximum absolute atomic E-state index is 12.2. The van der Waals surface area contributed by atoms with Gasteiger partial charge in [-0.25, -0.2) is 19.5 Å². The minimum atomic E-state index is -4.16. The summed E-state index contributed by atoms with van der Waals surface area (Å²) >= 11 is 2.82. The van der Waals surface area contributed by atoms with Gasteiger partial charge in [0.05, 0.1) is 18.8 Å². The molecule has 0 aliphatic carbocycles. The van der Waals surface area contributed by atoms with E-state index in [-0.39, 0.29) is 17.9 Å². The van der Waals surface area contributed by atoms with Gasteiger partial charge in [0, 0.05) is 5.25 Å². The summed E-state index contributed by atoms with van der Waals surface area (Å²) in [4.78, 5) is 23.7. The summed E-state index contributed by atoms with van der Waals surface area (Å²) < 4.78 is 23.3. The number of fused-ring (bicyclic) bond motifs is 1. The summed E-state index contributed by atoms with van der Waals surface area (Å²) in [5, 5.41) is 4.48. The fourth-order valence-corrected chi connectivity index (χ4v) is 5.91. The van der Waals surface area contributed by atoms with Crippen LogP contribution in [0.15, 0.2) is 35.5 Å². The lowest BCUT2D eigenvalue weighted by Crippen LogP contribution is -2.28. The summed E-state index contributed by atoms with van der Waals surface area (Å²) in [5.41, 5.74) is 7.65. The number of nitrogens with zero attached hydrogens (tertiary/aromatic N) is 3. The Hall–Kier alpha value is -1.75. The number of nitrogens with one attached hydrogen (secondary N) is 1. The maximum Gasteiger partial charge on any atom is 0.472 e. The molecule has 3 atom stereocenters. The van der Waals surface area contributed by atoms with Gasteiger partial charge in [0.15, 0.2) is 21.8 Å². The van der Waals surface area contributed by atoms with E-state index in [0.717, 1.165) is 4.70 Å². The first-order valence-electron chi connectivity index (χ1n) is 11.1. The lowest BCUT2D eigenvalue weighted by molar-refractivity contribution is 0.115. The molecule has 0 aliphatic rings. The van der Waals surface area contributed by atoms with Crippen molar-refractivity contribution >= 4 is 52.2 Å². The molecule has 4 N–H and O–H groups in total. The number of phosphoric acid groups is 1. The van der Waals surface area contributed by atoms with Crippen LogP contribution in [-0.2, 0) is 13.6 Å². The molecule has 12 heteroatoms. The third-order valence-corrected chi connectivity index (χ3v) is 7.74. The lowest BCUT2D eigenvalue weighted by Gasteiger charge is -2.23. The number of aromatic nitrogens is 3. The average Bonchev–Trinajstić information content (AvgIpc) is 3.12. The zero-order chi connectivity index (χ0) is 24.9. The SMILES string of the molecule is CC(C)C[C@H](COP(=O)(O)OC(C)C)Nc1nc(S[C@@H](C)c2ccccc2)nc2nc(N)sc12. The van der Waals surface area contributed by atoms with Crippen LogP contribution in [0.2, 0.25) is 0 Å². The van der Waals surface area contributed by atoms with Gasteiger partial charge in [0.25, 0.3) is 0 Å². The van der Waals surface area contributed by atoms with Gasteiger partial charge in [-0.3, -0.25) is 9.05 Å². The van der Waals surface area contributed by atoms with E-state index in [1.165, 1.54) is 28.7 Å². The van der Waals surface area contributed by atoms with Crippen LogP contribution < -0.4 is 11.1 Å². The van der Waals surface area contributed by atoms with E-state index < -0.39 is 13.9 Å². The molecule has 0 spiro atoms. The third kappa shape index (κ3) is 7.90. The van der Waals surface area contributed by atoms with Crippen LogP contribution in [0.3, 0.4) is 0 Å². The van der Waals surface area contributed by atoms with Gasteiger partial charge < -0.3 is 15.9 Å². The number of hydrogen-bond donors (Lipinski definition) is 3. The first-order valence-corrected chi connectivity index (χ1v) is 14.3. The van der Waals surface area contributed by atoms with Gasteiger partial charge in [-0.1, -0.05) is 67.3 Å². The molecule has 2 aromatic heterocycles. The number of anilines is 2. The molecule has 0 radical (unpaired) electrons. The molecule has 0 saturated heterocycles. The smallest absolute Gasteiger partial charge is 0.375 e. The molecule has 34 heavy (non-hydrogen) atoms. The van der Waals surface area contributed by atoms with Crippen LogP contribution in [0.1, 0.15) is 51.9 Å². The molecule has 9 nitrogen and oxygen atoms in total. The Kier molecular flexibility index (Phi) is 9.31. The van der Waals surface area contributed by atoms with E-state index in [9.17, 15) is 9.46 Å². The number of rotatable bonds is 12. The Morgan fingerprint density at radius 1 is 1.15 bits per heavy atom. The second-order valence-electron chi connectivity index (χ2n) is 8.62. The minimum absolute atomic E-state index is 0.0264. The fourth-order valence-electron chi connectivity index (χ4n) is 3.33. The van der Waals surface area contributed by atoms with Crippen LogP contribution in [-0.4, -0.2) is 38.6 Å². The number of thiazole rings is 1. The number of phosphoric ester groups is 1. The van der Waals surface area contributed by atoms with Crippen molar-refractivity contribution in [1.29, 1.82) is 0 Å². The summed E-state index contributed by atoms with van der Waals surface area (Å²) in [6.45, 7) is 9.57. The predicted molar refractivity (Wildman–Crippen MR) is 139 cm³/mol. The highest BCUT2D eigenvalue weighted by atomic mass is 32.2. The van der Waals surface area contributed by atoms with Crippen LogP contribution in [0, 0.1) is 5.92 Å². The van der Waals surface area contributed by atoms with E-state index in [2.05, 4.69) is 48.2 Å². The topological polar surface area (TPSA) is 132 Å². The predicted octanol–water partition coefficient (Wildman–Crippen LogP) is 5.89. The standard InChI is InChI=1S/C22H32N5O4PS2/c1-13(2)11-17(12-30-32(28,29)31-14(3)4)24-19-18-20(25-21(23)34-18)27-22(26-19)33-15(5)16-9-7-6-8-10-16/h6-10,13-15,17H,11-12H2,1-5H3,(H,28,29)(H3,23,24,25,26,27)/t15-,17+/m0/s1. The molecule has 0 fully saturated rings. The molecule has 3 aromatic rings. The first kappa shape index (κ1) is 26.8. The molecular formula is C22H32N5O4PS2. The van der Waals surface area contributed by atoms with Crippen LogP contribution in [0.5, 0.6) is 0 Å². The highest BCUT2D eigenvalue weighted by Crippen LogP contribution is 2.45. The van der Waals surface area contributed by atoms with Crippen molar-refractivity contribution in [3.63, 3.8) is 0 Å². The van der Waals surface area contributed by atoms with E-state index >= 15 is 0 Å². The van der Waals surface area contributed by atoms with E-state index in [0.29, 0.717) is 34.1 Å². The monoisotopic (exact) mass is 525 g/mol. The number of hydrogen-bond acceptors (Lipinski definition) is 10. The van der Waals surface area contributed by atoms with Crippen molar-refractivity contribution in [2.75, 3.05) is 17.7 Å². The molecule has 186 valence electrons. The second kappa shape index (κ2) is 11.8. The Labute approximate surface area is 208 Å². The average molecular weight is 526 g/mol. The zero-order valence-electron chi connectivity index (χ0n) is 20.0. The van der Waals surface area contributed by atoms with Gasteiger partial charge in [0.1, 0.15) is 4.70 Å². The molecule has 1 unspecified atom stereocenters. The Balaban J connectivity index is 1.85. The van der Waals surface area contributed by atoms with Crippen molar-refractivity contribution in [2.24, 2.45) is 5.92 Å². The molecule has 1 aromatic carbocycles. The van der Waals surface area contributed by atoms with Gasteiger partial charge >= 0.3 is 7.82 Å². The molecule has 2 heterocycles. The maximum atomic E-state index is 12.2. The van der Waals surface area contributed by atoms with Crippen molar-refractivity contribution in [1.82, 2.24) is 15.0 Å². The Bertz CT molecular complexity index is 1130. The molecule has 0 amide bonds. The number of benzene rings is 1. The van der Waals surface area contributed by atoms with Crippen LogP contribution >= 0.6 is 30.9 Å². The van der Waals surface area contributed by atoms with Crippen molar-refractivity contribution in [2.45, 2.75) is 63.6 Å². The van der Waals surface area contributed by atoms with Gasteiger partial charge in [-0.05, 0) is 38.7 Å². The largest absolute Gasteiger partial charge is 0.472 e. The molecular weight excluding hydrogens is 493 g/mol. The van der Waals surface area contributed by atoms with Crippen LogP contribution in [0.25, 0.3) is 10.3 Å². The minimum Gasteiger partial charge on any atom is -0.375 e. The van der Waals surface area contributed by atoms with Gasteiger partial charge in [-0.15, -0.1) is 0 Å². The van der Waals surface area contributed by atoms with E-state index in [1.54, 1.807) is 13.8 Å². The second-order valence-corrected chi connectivity index (χ2v) is 12.4.